The molecule has 0 spiro atoms. The van der Waals surface area contributed by atoms with Crippen LogP contribution >= 0.6 is 0 Å². The van der Waals surface area contributed by atoms with Crippen LogP contribution in [-0.2, 0) is 6.54 Å². The summed E-state index contributed by atoms with van der Waals surface area (Å²) in [4.78, 5) is 14.5. The Kier molecular flexibility index (Phi) is 4.64. The molecule has 128 valence electrons. The van der Waals surface area contributed by atoms with Crippen molar-refractivity contribution in [1.29, 1.82) is 0 Å². The number of likely N-dealkylation sites (tertiary alicyclic amines) is 1. The number of aryl methyl sites for hydroxylation is 1. The van der Waals surface area contributed by atoms with Gasteiger partial charge in [0.1, 0.15) is 0 Å². The van der Waals surface area contributed by atoms with Crippen molar-refractivity contribution < 1.29 is 13.6 Å². The molecule has 0 radical (unpaired) electrons. The van der Waals surface area contributed by atoms with Gasteiger partial charge in [-0.1, -0.05) is 6.92 Å². The first kappa shape index (κ1) is 16.6. The zero-order chi connectivity index (χ0) is 17.3. The molecule has 24 heavy (non-hydrogen) atoms. The number of aromatic nitrogens is 2. The van der Waals surface area contributed by atoms with Crippen LogP contribution in [0.2, 0.25) is 0 Å². The van der Waals surface area contributed by atoms with E-state index in [9.17, 15) is 13.6 Å². The molecule has 1 fully saturated rings. The minimum Gasteiger partial charge on any atom is -0.337 e. The van der Waals surface area contributed by atoms with E-state index in [1.165, 1.54) is 6.07 Å². The molecule has 0 N–H and O–H groups in total. The van der Waals surface area contributed by atoms with E-state index in [1.807, 2.05) is 11.8 Å². The van der Waals surface area contributed by atoms with Crippen LogP contribution in [0.4, 0.5) is 8.78 Å². The van der Waals surface area contributed by atoms with Crippen LogP contribution in [0.15, 0.2) is 24.3 Å². The van der Waals surface area contributed by atoms with Crippen LogP contribution in [0, 0.1) is 17.6 Å². The maximum atomic E-state index is 13.5. The van der Waals surface area contributed by atoms with Gasteiger partial charge in [0, 0.05) is 25.2 Å². The Balaban J connectivity index is 1.89. The third-order valence-corrected chi connectivity index (χ3v) is 4.58. The van der Waals surface area contributed by atoms with Crippen molar-refractivity contribution in [2.45, 2.75) is 33.2 Å². The zero-order valence-electron chi connectivity index (χ0n) is 13.9. The molecule has 0 saturated carbocycles. The number of amides is 1. The predicted molar refractivity (Wildman–Crippen MR) is 87.6 cm³/mol. The normalized spacial score (nSPS) is 15.8. The summed E-state index contributed by atoms with van der Waals surface area (Å²) >= 11 is 0. The van der Waals surface area contributed by atoms with Crippen LogP contribution in [0.1, 0.15) is 37.2 Å². The fourth-order valence-electron chi connectivity index (χ4n) is 3.02. The highest BCUT2D eigenvalue weighted by Crippen LogP contribution is 2.24. The molecule has 0 aliphatic carbocycles. The van der Waals surface area contributed by atoms with E-state index in [0.29, 0.717) is 29.4 Å². The quantitative estimate of drug-likeness (QED) is 0.858. The summed E-state index contributed by atoms with van der Waals surface area (Å²) in [6.45, 7) is 6.10. The first-order valence-corrected chi connectivity index (χ1v) is 8.32. The second kappa shape index (κ2) is 6.71. The van der Waals surface area contributed by atoms with E-state index in [2.05, 4.69) is 12.0 Å². The molecule has 3 rings (SSSR count). The van der Waals surface area contributed by atoms with Crippen molar-refractivity contribution in [1.82, 2.24) is 14.7 Å². The number of carbonyl (C=O) groups is 1. The molecular formula is C18H21F2N3O. The van der Waals surface area contributed by atoms with Crippen molar-refractivity contribution in [3.05, 3.63) is 41.6 Å². The summed E-state index contributed by atoms with van der Waals surface area (Å²) in [7, 11) is 0. The predicted octanol–water partition coefficient (Wildman–Crippen LogP) is 3.72. The van der Waals surface area contributed by atoms with Crippen molar-refractivity contribution in [3.63, 3.8) is 0 Å². The highest BCUT2D eigenvalue weighted by atomic mass is 19.2. The van der Waals surface area contributed by atoms with Crippen molar-refractivity contribution in [3.8, 4) is 11.3 Å². The highest BCUT2D eigenvalue weighted by Gasteiger charge is 2.24. The molecule has 6 heteroatoms. The maximum absolute atomic E-state index is 13.5. The maximum Gasteiger partial charge on any atom is 0.274 e. The lowest BCUT2D eigenvalue weighted by atomic mass is 9.99. The number of rotatable bonds is 3. The number of hydrogen-bond acceptors (Lipinski definition) is 2. The number of nitrogens with zero attached hydrogens (tertiary/aromatic N) is 3. The lowest BCUT2D eigenvalue weighted by molar-refractivity contribution is 0.0690. The molecule has 1 saturated heterocycles. The van der Waals surface area contributed by atoms with Crippen molar-refractivity contribution in [2.24, 2.45) is 5.92 Å². The van der Waals surface area contributed by atoms with Gasteiger partial charge in [0.15, 0.2) is 17.3 Å². The molecular weight excluding hydrogens is 312 g/mol. The summed E-state index contributed by atoms with van der Waals surface area (Å²) in [6, 6.07) is 5.38. The van der Waals surface area contributed by atoms with Crippen LogP contribution in [0.25, 0.3) is 11.3 Å². The van der Waals surface area contributed by atoms with E-state index in [-0.39, 0.29) is 5.91 Å². The molecule has 1 aliphatic heterocycles. The van der Waals surface area contributed by atoms with Gasteiger partial charge in [0.05, 0.1) is 5.69 Å². The molecule has 1 aromatic heterocycles. The van der Waals surface area contributed by atoms with Gasteiger partial charge in [0.25, 0.3) is 5.91 Å². The van der Waals surface area contributed by atoms with Crippen LogP contribution in [0.3, 0.4) is 0 Å². The first-order chi connectivity index (χ1) is 11.5. The van der Waals surface area contributed by atoms with Gasteiger partial charge in [-0.3, -0.25) is 9.48 Å². The van der Waals surface area contributed by atoms with E-state index in [4.69, 9.17) is 0 Å². The number of piperidine rings is 1. The molecule has 0 bridgehead atoms. The molecule has 1 amide bonds. The SMILES string of the molecule is CCn1nc(C(=O)N2CCC(C)CC2)cc1-c1ccc(F)c(F)c1. The zero-order valence-corrected chi connectivity index (χ0v) is 13.9. The van der Waals surface area contributed by atoms with E-state index < -0.39 is 11.6 Å². The molecule has 2 aromatic rings. The number of benzene rings is 1. The Labute approximate surface area is 140 Å². The standard InChI is InChI=1S/C18H21F2N3O/c1-3-23-17(13-4-5-14(19)15(20)10-13)11-16(21-23)18(24)22-8-6-12(2)7-9-22/h4-5,10-12H,3,6-9H2,1-2H3. The monoisotopic (exact) mass is 333 g/mol. The van der Waals surface area contributed by atoms with Crippen LogP contribution < -0.4 is 0 Å². The average Bonchev–Trinajstić information content (AvgIpc) is 3.02. The van der Waals surface area contributed by atoms with E-state index >= 15 is 0 Å². The Morgan fingerprint density at radius 3 is 2.54 bits per heavy atom. The van der Waals surface area contributed by atoms with Crippen molar-refractivity contribution in [2.75, 3.05) is 13.1 Å². The third kappa shape index (κ3) is 3.18. The fraction of sp³-hybridized carbons (Fsp3) is 0.444. The molecule has 4 nitrogen and oxygen atoms in total. The fourth-order valence-corrected chi connectivity index (χ4v) is 3.02. The minimum atomic E-state index is -0.908. The summed E-state index contributed by atoms with van der Waals surface area (Å²) in [5, 5.41) is 4.36. The second-order valence-electron chi connectivity index (χ2n) is 6.33. The van der Waals surface area contributed by atoms with Gasteiger partial charge in [-0.05, 0) is 49.9 Å². The Morgan fingerprint density at radius 2 is 1.92 bits per heavy atom. The third-order valence-electron chi connectivity index (χ3n) is 4.58. The van der Waals surface area contributed by atoms with E-state index in [0.717, 1.165) is 38.1 Å². The Morgan fingerprint density at radius 1 is 1.21 bits per heavy atom. The topological polar surface area (TPSA) is 38.1 Å². The highest BCUT2D eigenvalue weighted by molar-refractivity contribution is 5.93. The number of carbonyl (C=O) groups excluding carboxylic acids is 1. The van der Waals surface area contributed by atoms with Crippen LogP contribution in [-0.4, -0.2) is 33.7 Å². The lowest BCUT2D eigenvalue weighted by Crippen LogP contribution is -2.38. The van der Waals surface area contributed by atoms with Gasteiger partial charge >= 0.3 is 0 Å². The summed E-state index contributed by atoms with van der Waals surface area (Å²) in [6.07, 6.45) is 1.99. The van der Waals surface area contributed by atoms with Gasteiger partial charge in [-0.2, -0.15) is 5.10 Å². The summed E-state index contributed by atoms with van der Waals surface area (Å²) in [5.74, 6) is -1.26. The number of halogens is 2. The summed E-state index contributed by atoms with van der Waals surface area (Å²) < 4.78 is 28.3. The largest absolute Gasteiger partial charge is 0.337 e. The van der Waals surface area contributed by atoms with Gasteiger partial charge < -0.3 is 4.90 Å². The number of hydrogen-bond donors (Lipinski definition) is 0. The molecule has 1 aromatic carbocycles. The molecule has 1 aliphatic rings. The smallest absolute Gasteiger partial charge is 0.274 e. The lowest BCUT2D eigenvalue weighted by Gasteiger charge is -2.29. The van der Waals surface area contributed by atoms with E-state index in [1.54, 1.807) is 10.7 Å². The molecule has 0 atom stereocenters. The van der Waals surface area contributed by atoms with Gasteiger partial charge in [-0.15, -0.1) is 0 Å². The minimum absolute atomic E-state index is 0.0991. The summed E-state index contributed by atoms with van der Waals surface area (Å²) in [5.41, 5.74) is 1.48. The Hall–Kier alpha value is -2.24. The molecule has 2 heterocycles. The first-order valence-electron chi connectivity index (χ1n) is 8.32. The average molecular weight is 333 g/mol. The Bertz CT molecular complexity index is 749. The van der Waals surface area contributed by atoms with Gasteiger partial charge in [0.2, 0.25) is 0 Å². The second-order valence-corrected chi connectivity index (χ2v) is 6.33. The van der Waals surface area contributed by atoms with Gasteiger partial charge in [-0.25, -0.2) is 8.78 Å². The molecule has 0 unspecified atom stereocenters. The van der Waals surface area contributed by atoms with Crippen molar-refractivity contribution >= 4 is 5.91 Å². The van der Waals surface area contributed by atoms with Crippen LogP contribution in [0.5, 0.6) is 0 Å².